The molecule has 0 radical (unpaired) electrons. The van der Waals surface area contributed by atoms with Crippen LogP contribution in [0.1, 0.15) is 30.5 Å². The number of fused-ring (bicyclic) bond motifs is 1. The summed E-state index contributed by atoms with van der Waals surface area (Å²) in [4.78, 5) is 18.1. The van der Waals surface area contributed by atoms with Crippen molar-refractivity contribution in [3.05, 3.63) is 110 Å². The summed E-state index contributed by atoms with van der Waals surface area (Å²) in [5, 5.41) is 12.7. The molecule has 0 spiro atoms. The standard InChI is InChI=1S/C32H29BrN2O4S/c1-4-21-7-6-8-26-22(19-35(29(21)26)18-20-9-11-23(33)12-10-20)17-27-30(36)28(32(37)39-5-2)31(40-27)34-24-13-15-25(38-3)16-14-24/h6-17,19,36H,4-5,18H2,1-3H3/b27-17-,34-31?. The van der Waals surface area contributed by atoms with Gasteiger partial charge in [-0.1, -0.05) is 64.9 Å². The van der Waals surface area contributed by atoms with Crippen molar-refractivity contribution in [1.82, 2.24) is 4.57 Å². The monoisotopic (exact) mass is 616 g/mol. The van der Waals surface area contributed by atoms with Gasteiger partial charge in [-0.15, -0.1) is 0 Å². The number of aliphatic hydroxyl groups excluding tert-OH is 1. The van der Waals surface area contributed by atoms with E-state index in [1.165, 1.54) is 22.9 Å². The molecule has 0 fully saturated rings. The van der Waals surface area contributed by atoms with E-state index in [0.717, 1.165) is 27.4 Å². The summed E-state index contributed by atoms with van der Waals surface area (Å²) in [6, 6.07) is 21.8. The average Bonchev–Trinajstić information content (AvgIpc) is 3.46. The van der Waals surface area contributed by atoms with Crippen molar-refractivity contribution in [2.24, 2.45) is 4.99 Å². The SMILES string of the molecule is CCOC(=O)C1=C(O)/C(=C/c2cn(Cc3ccc(Br)cc3)c3c(CC)cccc23)SC1=Nc1ccc(OC)cc1. The number of benzene rings is 3. The maximum absolute atomic E-state index is 12.9. The summed E-state index contributed by atoms with van der Waals surface area (Å²) in [5.74, 6) is -0.0242. The normalized spacial score (nSPS) is 15.4. The van der Waals surface area contributed by atoms with Gasteiger partial charge in [0.25, 0.3) is 0 Å². The zero-order valence-corrected chi connectivity index (χ0v) is 24.9. The number of aromatic nitrogens is 1. The van der Waals surface area contributed by atoms with E-state index in [9.17, 15) is 9.90 Å². The Balaban J connectivity index is 1.59. The van der Waals surface area contributed by atoms with Gasteiger partial charge in [0.15, 0.2) is 0 Å². The van der Waals surface area contributed by atoms with Crippen molar-refractivity contribution in [3.63, 3.8) is 0 Å². The number of aliphatic imine (C=N–C) groups is 1. The van der Waals surface area contributed by atoms with E-state index in [4.69, 9.17) is 9.47 Å². The number of esters is 1. The van der Waals surface area contributed by atoms with Crippen LogP contribution in [0, 0.1) is 0 Å². The number of rotatable bonds is 8. The van der Waals surface area contributed by atoms with Gasteiger partial charge in [-0.05, 0) is 66.9 Å². The number of aliphatic hydroxyl groups is 1. The molecule has 0 amide bonds. The minimum atomic E-state index is -0.603. The summed E-state index contributed by atoms with van der Waals surface area (Å²) < 4.78 is 13.8. The molecule has 0 atom stereocenters. The van der Waals surface area contributed by atoms with Crippen LogP contribution in [-0.4, -0.2) is 34.4 Å². The van der Waals surface area contributed by atoms with E-state index in [2.05, 4.69) is 68.9 Å². The largest absolute Gasteiger partial charge is 0.506 e. The van der Waals surface area contributed by atoms with Crippen LogP contribution in [0.25, 0.3) is 17.0 Å². The maximum atomic E-state index is 12.9. The first-order valence-corrected chi connectivity index (χ1v) is 14.6. The number of thioether (sulfide) groups is 1. The topological polar surface area (TPSA) is 73.0 Å². The smallest absolute Gasteiger partial charge is 0.344 e. The first kappa shape index (κ1) is 27.8. The summed E-state index contributed by atoms with van der Waals surface area (Å²) in [6.07, 6.45) is 4.92. The fraction of sp³-hybridized carbons (Fsp3) is 0.188. The van der Waals surface area contributed by atoms with Crippen LogP contribution in [0.5, 0.6) is 5.75 Å². The van der Waals surface area contributed by atoms with Crippen LogP contribution in [0.4, 0.5) is 5.69 Å². The van der Waals surface area contributed by atoms with Crippen molar-refractivity contribution >= 4 is 61.4 Å². The van der Waals surface area contributed by atoms with Gasteiger partial charge >= 0.3 is 5.97 Å². The molecule has 2 heterocycles. The Morgan fingerprint density at radius 3 is 2.50 bits per heavy atom. The molecule has 0 bridgehead atoms. The molecule has 0 aliphatic carbocycles. The summed E-state index contributed by atoms with van der Waals surface area (Å²) in [5.41, 5.74) is 5.24. The van der Waals surface area contributed by atoms with Gasteiger partial charge in [0, 0.05) is 28.2 Å². The van der Waals surface area contributed by atoms with Gasteiger partial charge in [0.2, 0.25) is 0 Å². The minimum Gasteiger partial charge on any atom is -0.506 e. The number of carbonyl (C=O) groups excluding carboxylic acids is 1. The highest BCUT2D eigenvalue weighted by Crippen LogP contribution is 2.41. The molecule has 1 aromatic heterocycles. The second-order valence-corrected chi connectivity index (χ2v) is 11.1. The molecule has 3 aromatic carbocycles. The Labute approximate surface area is 246 Å². The van der Waals surface area contributed by atoms with E-state index in [-0.39, 0.29) is 17.9 Å². The van der Waals surface area contributed by atoms with Crippen LogP contribution in [-0.2, 0) is 22.5 Å². The number of halogens is 1. The number of nitrogens with zero attached hydrogens (tertiary/aromatic N) is 2. The number of carbonyl (C=O) groups is 1. The molecule has 1 aliphatic heterocycles. The first-order valence-electron chi connectivity index (χ1n) is 13.0. The van der Waals surface area contributed by atoms with Gasteiger partial charge in [-0.3, -0.25) is 0 Å². The molecule has 4 aromatic rings. The molecule has 0 saturated heterocycles. The van der Waals surface area contributed by atoms with Gasteiger partial charge in [0.05, 0.1) is 29.8 Å². The Kier molecular flexibility index (Phi) is 8.47. The molecular formula is C32H29BrN2O4S. The number of methoxy groups -OCH3 is 1. The van der Waals surface area contributed by atoms with Crippen LogP contribution in [0.15, 0.2) is 98.6 Å². The van der Waals surface area contributed by atoms with Crippen LogP contribution in [0.2, 0.25) is 0 Å². The van der Waals surface area contributed by atoms with Crippen molar-refractivity contribution in [1.29, 1.82) is 0 Å². The number of ether oxygens (including phenoxy) is 2. The van der Waals surface area contributed by atoms with Crippen molar-refractivity contribution < 1.29 is 19.4 Å². The van der Waals surface area contributed by atoms with E-state index in [1.807, 2.05) is 18.2 Å². The third-order valence-corrected chi connectivity index (χ3v) is 8.17. The fourth-order valence-electron chi connectivity index (χ4n) is 4.68. The Hall–Kier alpha value is -3.75. The molecule has 8 heteroatoms. The highest BCUT2D eigenvalue weighted by Gasteiger charge is 2.33. The minimum absolute atomic E-state index is 0.0711. The van der Waals surface area contributed by atoms with Crippen molar-refractivity contribution in [3.8, 4) is 5.75 Å². The molecular weight excluding hydrogens is 588 g/mol. The molecule has 1 N–H and O–H groups in total. The first-order chi connectivity index (χ1) is 19.4. The van der Waals surface area contributed by atoms with Crippen LogP contribution in [0.3, 0.4) is 0 Å². The zero-order valence-electron chi connectivity index (χ0n) is 22.5. The predicted octanol–water partition coefficient (Wildman–Crippen LogP) is 8.22. The van der Waals surface area contributed by atoms with E-state index >= 15 is 0 Å². The quantitative estimate of drug-likeness (QED) is 0.202. The average molecular weight is 618 g/mol. The Morgan fingerprint density at radius 1 is 1.07 bits per heavy atom. The lowest BCUT2D eigenvalue weighted by Gasteiger charge is -2.09. The lowest BCUT2D eigenvalue weighted by molar-refractivity contribution is -0.138. The third-order valence-electron chi connectivity index (χ3n) is 6.62. The van der Waals surface area contributed by atoms with Crippen molar-refractivity contribution in [2.75, 3.05) is 13.7 Å². The summed E-state index contributed by atoms with van der Waals surface area (Å²) in [6.45, 7) is 4.79. The third kappa shape index (κ3) is 5.74. The number of hydrogen-bond acceptors (Lipinski definition) is 6. The van der Waals surface area contributed by atoms with Gasteiger partial charge in [0.1, 0.15) is 22.1 Å². The van der Waals surface area contributed by atoms with Gasteiger partial charge < -0.3 is 19.1 Å². The Morgan fingerprint density at radius 2 is 1.82 bits per heavy atom. The van der Waals surface area contributed by atoms with E-state index in [0.29, 0.717) is 27.9 Å². The van der Waals surface area contributed by atoms with E-state index < -0.39 is 5.97 Å². The molecule has 204 valence electrons. The highest BCUT2D eigenvalue weighted by molar-refractivity contribution is 9.10. The number of hydrogen-bond donors (Lipinski definition) is 1. The van der Waals surface area contributed by atoms with E-state index in [1.54, 1.807) is 38.3 Å². The lowest BCUT2D eigenvalue weighted by Crippen LogP contribution is -2.12. The second-order valence-electron chi connectivity index (χ2n) is 9.18. The number of aryl methyl sites for hydroxylation is 1. The molecule has 1 aliphatic rings. The molecule has 5 rings (SSSR count). The molecule has 40 heavy (non-hydrogen) atoms. The predicted molar refractivity (Wildman–Crippen MR) is 167 cm³/mol. The van der Waals surface area contributed by atoms with Crippen molar-refractivity contribution in [2.45, 2.75) is 26.8 Å². The summed E-state index contributed by atoms with van der Waals surface area (Å²) >= 11 is 4.77. The van der Waals surface area contributed by atoms with Gasteiger partial charge in [-0.2, -0.15) is 0 Å². The maximum Gasteiger partial charge on any atom is 0.344 e. The fourth-order valence-corrected chi connectivity index (χ4v) is 5.97. The van der Waals surface area contributed by atoms with Crippen LogP contribution >= 0.6 is 27.7 Å². The zero-order chi connectivity index (χ0) is 28.2. The van der Waals surface area contributed by atoms with Gasteiger partial charge in [-0.25, -0.2) is 9.79 Å². The van der Waals surface area contributed by atoms with Crippen LogP contribution < -0.4 is 4.74 Å². The molecule has 6 nitrogen and oxygen atoms in total. The molecule has 0 saturated carbocycles. The highest BCUT2D eigenvalue weighted by atomic mass is 79.9. The second kappa shape index (κ2) is 12.2. The summed E-state index contributed by atoms with van der Waals surface area (Å²) in [7, 11) is 1.60. The lowest BCUT2D eigenvalue weighted by atomic mass is 10.1. The molecule has 0 unspecified atom stereocenters. The Bertz CT molecular complexity index is 1650. The number of para-hydroxylation sites is 1.